The second-order valence-electron chi connectivity index (χ2n) is 13.1. The molecule has 0 heterocycles. The van der Waals surface area contributed by atoms with E-state index in [2.05, 4.69) is 82.0 Å². The summed E-state index contributed by atoms with van der Waals surface area (Å²) in [5.74, 6) is 11.6. The molecule has 0 atom stereocenters. The van der Waals surface area contributed by atoms with Crippen LogP contribution in [0.5, 0.6) is 11.5 Å². The zero-order valence-corrected chi connectivity index (χ0v) is 33.2. The summed E-state index contributed by atoms with van der Waals surface area (Å²) in [7, 11) is 5.72. The van der Waals surface area contributed by atoms with E-state index in [0.29, 0.717) is 11.1 Å². The van der Waals surface area contributed by atoms with Crippen LogP contribution in [0.3, 0.4) is 0 Å². The Kier molecular flexibility index (Phi) is 12.9. The Morgan fingerprint density at radius 2 is 0.655 bits per heavy atom. The minimum Gasteiger partial charge on any atom is -0.497 e. The molecule has 0 radical (unpaired) electrons. The van der Waals surface area contributed by atoms with Crippen LogP contribution in [-0.2, 0) is 19.1 Å². The molecule has 0 N–H and O–H groups in total. The molecule has 6 rings (SSSR count). The lowest BCUT2D eigenvalue weighted by atomic mass is 10.1. The minimum atomic E-state index is -0.813. The quantitative estimate of drug-likeness (QED) is 0.0775. The van der Waals surface area contributed by atoms with Gasteiger partial charge in [-0.3, -0.25) is 0 Å². The van der Waals surface area contributed by atoms with E-state index in [1.165, 1.54) is 14.2 Å². The zero-order chi connectivity index (χ0) is 41.0. The lowest BCUT2D eigenvalue weighted by Crippen LogP contribution is -2.13. The standard InChI is InChI=1S/C50H42N2O6/c1-35-7-17-39(18-8-35)51(43-25-29-45(55-3)30-26-43)41-21-11-37(12-22-41)15-33-47(49(53)57-5)48(50(54)58-6)34-16-38-13-23-42(24-14-38)52(40-19-9-36(2)10-20-40)44-27-31-46(56-4)32-28-44/h7-14,17-32H,1-6H3/b48-47-. The highest BCUT2D eigenvalue weighted by molar-refractivity contribution is 6.06. The van der Waals surface area contributed by atoms with E-state index in [1.807, 2.05) is 111 Å². The summed E-state index contributed by atoms with van der Waals surface area (Å²) >= 11 is 0. The molecular weight excluding hydrogens is 725 g/mol. The number of ether oxygens (including phenoxy) is 4. The van der Waals surface area contributed by atoms with Gasteiger partial charge >= 0.3 is 11.9 Å². The SMILES string of the molecule is COC(=O)/C(C#Cc1ccc(N(c2ccc(C)cc2)c2ccc(OC)cc2)cc1)=C(/C#Cc1ccc(N(c2ccc(C)cc2)c2ccc(OC)cc2)cc1)C(=O)OC. The summed E-state index contributed by atoms with van der Waals surface area (Å²) in [5, 5.41) is 0. The molecule has 0 amide bonds. The van der Waals surface area contributed by atoms with Gasteiger partial charge in [0.2, 0.25) is 0 Å². The summed E-state index contributed by atoms with van der Waals surface area (Å²) in [6.45, 7) is 4.10. The first kappa shape index (κ1) is 40.0. The van der Waals surface area contributed by atoms with Crippen molar-refractivity contribution in [2.75, 3.05) is 38.2 Å². The van der Waals surface area contributed by atoms with Crippen LogP contribution in [-0.4, -0.2) is 40.4 Å². The van der Waals surface area contributed by atoms with Gasteiger partial charge in [0.25, 0.3) is 0 Å². The van der Waals surface area contributed by atoms with E-state index in [4.69, 9.17) is 18.9 Å². The van der Waals surface area contributed by atoms with E-state index in [-0.39, 0.29) is 11.1 Å². The number of hydrogen-bond donors (Lipinski definition) is 0. The molecule has 6 aromatic carbocycles. The lowest BCUT2D eigenvalue weighted by Gasteiger charge is -2.25. The van der Waals surface area contributed by atoms with Gasteiger partial charge in [0.05, 0.1) is 28.4 Å². The largest absolute Gasteiger partial charge is 0.497 e. The Labute approximate surface area is 339 Å². The number of hydrogen-bond acceptors (Lipinski definition) is 8. The number of nitrogens with zero attached hydrogens (tertiary/aromatic N) is 2. The van der Waals surface area contributed by atoms with Crippen LogP contribution in [0.15, 0.2) is 157 Å². The second kappa shape index (κ2) is 18.8. The Bertz CT molecular complexity index is 2340. The molecule has 0 saturated carbocycles. The highest BCUT2D eigenvalue weighted by Gasteiger charge is 2.20. The van der Waals surface area contributed by atoms with Gasteiger partial charge in [0.15, 0.2) is 0 Å². The van der Waals surface area contributed by atoms with Crippen molar-refractivity contribution < 1.29 is 28.5 Å². The smallest absolute Gasteiger partial charge is 0.348 e. The third-order valence-electron chi connectivity index (χ3n) is 9.19. The topological polar surface area (TPSA) is 77.5 Å². The fourth-order valence-corrected chi connectivity index (χ4v) is 6.04. The molecule has 288 valence electrons. The maximum Gasteiger partial charge on any atom is 0.348 e. The fraction of sp³-hybridized carbons (Fsp3) is 0.120. The summed E-state index contributed by atoms with van der Waals surface area (Å²) in [4.78, 5) is 30.4. The van der Waals surface area contributed by atoms with Crippen molar-refractivity contribution in [2.45, 2.75) is 13.8 Å². The normalized spacial score (nSPS) is 10.7. The van der Waals surface area contributed by atoms with Crippen molar-refractivity contribution in [1.29, 1.82) is 0 Å². The van der Waals surface area contributed by atoms with Crippen LogP contribution in [0.2, 0.25) is 0 Å². The molecule has 0 bridgehead atoms. The molecular formula is C50H42N2O6. The maximum absolute atomic E-state index is 13.1. The first-order valence-corrected chi connectivity index (χ1v) is 18.4. The number of anilines is 6. The second-order valence-corrected chi connectivity index (χ2v) is 13.1. The van der Waals surface area contributed by atoms with Gasteiger partial charge in [0.1, 0.15) is 22.6 Å². The van der Waals surface area contributed by atoms with Gasteiger partial charge < -0.3 is 28.7 Å². The van der Waals surface area contributed by atoms with Crippen molar-refractivity contribution in [3.63, 3.8) is 0 Å². The highest BCUT2D eigenvalue weighted by atomic mass is 16.5. The van der Waals surface area contributed by atoms with Crippen molar-refractivity contribution in [3.05, 3.63) is 179 Å². The molecule has 0 saturated heterocycles. The van der Waals surface area contributed by atoms with Crippen molar-refractivity contribution in [3.8, 4) is 35.2 Å². The van der Waals surface area contributed by atoms with Crippen LogP contribution in [0, 0.1) is 37.5 Å². The third-order valence-corrected chi connectivity index (χ3v) is 9.19. The molecule has 0 aliphatic heterocycles. The predicted molar refractivity (Wildman–Crippen MR) is 230 cm³/mol. The monoisotopic (exact) mass is 766 g/mol. The maximum atomic E-state index is 13.1. The summed E-state index contributed by atoms with van der Waals surface area (Å²) in [6, 6.07) is 47.3. The van der Waals surface area contributed by atoms with Gasteiger partial charge in [-0.1, -0.05) is 59.1 Å². The predicted octanol–water partition coefficient (Wildman–Crippen LogP) is 10.3. The van der Waals surface area contributed by atoms with Crippen LogP contribution < -0.4 is 19.3 Å². The van der Waals surface area contributed by atoms with E-state index in [0.717, 1.165) is 56.8 Å². The molecule has 0 aromatic heterocycles. The lowest BCUT2D eigenvalue weighted by molar-refractivity contribution is -0.138. The Morgan fingerprint density at radius 1 is 0.397 bits per heavy atom. The molecule has 0 unspecified atom stereocenters. The van der Waals surface area contributed by atoms with Crippen LogP contribution >= 0.6 is 0 Å². The van der Waals surface area contributed by atoms with Gasteiger partial charge in [0, 0.05) is 45.3 Å². The van der Waals surface area contributed by atoms with Gasteiger partial charge in [-0.25, -0.2) is 9.59 Å². The number of aryl methyl sites for hydroxylation is 2. The molecule has 0 aliphatic carbocycles. The number of carbonyl (C=O) groups is 2. The van der Waals surface area contributed by atoms with Gasteiger partial charge in [-0.2, -0.15) is 0 Å². The van der Waals surface area contributed by atoms with Crippen molar-refractivity contribution in [2.24, 2.45) is 0 Å². The van der Waals surface area contributed by atoms with Gasteiger partial charge in [-0.05, 0) is 135 Å². The molecule has 0 fully saturated rings. The Balaban J connectivity index is 1.32. The molecule has 6 aromatic rings. The minimum absolute atomic E-state index is 0.216. The van der Waals surface area contributed by atoms with Crippen LogP contribution in [0.1, 0.15) is 22.3 Å². The van der Waals surface area contributed by atoms with E-state index >= 15 is 0 Å². The van der Waals surface area contributed by atoms with E-state index < -0.39 is 11.9 Å². The molecule has 8 nitrogen and oxygen atoms in total. The van der Waals surface area contributed by atoms with E-state index in [9.17, 15) is 9.59 Å². The van der Waals surface area contributed by atoms with Crippen LogP contribution in [0.25, 0.3) is 0 Å². The molecule has 0 aliphatic rings. The fourth-order valence-electron chi connectivity index (χ4n) is 6.04. The highest BCUT2D eigenvalue weighted by Crippen LogP contribution is 2.37. The molecule has 8 heteroatoms. The average molecular weight is 767 g/mol. The Hall–Kier alpha value is -7.68. The van der Waals surface area contributed by atoms with Gasteiger partial charge in [-0.15, -0.1) is 0 Å². The third kappa shape index (κ3) is 9.57. The number of esters is 2. The first-order valence-electron chi connectivity index (χ1n) is 18.4. The molecule has 58 heavy (non-hydrogen) atoms. The summed E-state index contributed by atoms with van der Waals surface area (Å²) in [6.07, 6.45) is 0. The van der Waals surface area contributed by atoms with Crippen LogP contribution in [0.4, 0.5) is 34.1 Å². The van der Waals surface area contributed by atoms with E-state index in [1.54, 1.807) is 14.2 Å². The zero-order valence-electron chi connectivity index (χ0n) is 33.2. The summed E-state index contributed by atoms with van der Waals surface area (Å²) in [5.41, 5.74) is 8.69. The number of carbonyl (C=O) groups excluding carboxylic acids is 2. The number of methoxy groups -OCH3 is 4. The average Bonchev–Trinajstić information content (AvgIpc) is 3.27. The number of benzene rings is 6. The summed E-state index contributed by atoms with van der Waals surface area (Å²) < 4.78 is 20.8. The van der Waals surface area contributed by atoms with Crippen molar-refractivity contribution >= 4 is 46.1 Å². The Morgan fingerprint density at radius 3 is 0.914 bits per heavy atom. The number of rotatable bonds is 10. The van der Waals surface area contributed by atoms with Crippen molar-refractivity contribution in [1.82, 2.24) is 0 Å². The first-order chi connectivity index (χ1) is 28.2. The molecule has 0 spiro atoms.